The average Bonchev–Trinajstić information content (AvgIpc) is 2.44. The topological polar surface area (TPSA) is 55.1 Å². The molecule has 0 fully saturated rings. The van der Waals surface area contributed by atoms with E-state index in [1.54, 1.807) is 30.3 Å². The SMILES string of the molecule is Nc1cc(Cl)ccc1NC(=O)CCSc1ccc(F)cc1. The highest BCUT2D eigenvalue weighted by Gasteiger charge is 2.06. The van der Waals surface area contributed by atoms with Gasteiger partial charge in [-0.2, -0.15) is 0 Å². The summed E-state index contributed by atoms with van der Waals surface area (Å²) < 4.78 is 12.8. The van der Waals surface area contributed by atoms with Crippen LogP contribution in [0.5, 0.6) is 0 Å². The molecule has 0 saturated carbocycles. The number of nitrogen functional groups attached to an aromatic ring is 1. The van der Waals surface area contributed by atoms with Crippen molar-refractivity contribution in [1.82, 2.24) is 0 Å². The fourth-order valence-corrected chi connectivity index (χ4v) is 2.68. The van der Waals surface area contributed by atoms with E-state index in [0.717, 1.165) is 4.90 Å². The van der Waals surface area contributed by atoms with Gasteiger partial charge in [-0.15, -0.1) is 11.8 Å². The minimum atomic E-state index is -0.268. The van der Waals surface area contributed by atoms with Crippen molar-refractivity contribution >= 4 is 40.6 Å². The van der Waals surface area contributed by atoms with Crippen LogP contribution in [0.15, 0.2) is 47.4 Å². The van der Waals surface area contributed by atoms with Gasteiger partial charge in [0.2, 0.25) is 5.91 Å². The second kappa shape index (κ2) is 7.33. The lowest BCUT2D eigenvalue weighted by Crippen LogP contribution is -2.13. The summed E-state index contributed by atoms with van der Waals surface area (Å²) in [7, 11) is 0. The number of nitrogens with two attached hydrogens (primary N) is 1. The van der Waals surface area contributed by atoms with Gasteiger partial charge in [-0.25, -0.2) is 4.39 Å². The summed E-state index contributed by atoms with van der Waals surface area (Å²) in [6, 6.07) is 11.1. The number of rotatable bonds is 5. The molecule has 0 radical (unpaired) electrons. The van der Waals surface area contributed by atoms with Gasteiger partial charge >= 0.3 is 0 Å². The van der Waals surface area contributed by atoms with Crippen LogP contribution in [-0.4, -0.2) is 11.7 Å². The van der Waals surface area contributed by atoms with Crippen molar-refractivity contribution in [3.63, 3.8) is 0 Å². The smallest absolute Gasteiger partial charge is 0.225 e. The van der Waals surface area contributed by atoms with E-state index in [-0.39, 0.29) is 11.7 Å². The van der Waals surface area contributed by atoms with E-state index in [0.29, 0.717) is 28.6 Å². The first kappa shape index (κ1) is 15.7. The quantitative estimate of drug-likeness (QED) is 0.640. The maximum Gasteiger partial charge on any atom is 0.225 e. The molecular formula is C15H14ClFN2OS. The Kier molecular flexibility index (Phi) is 5.47. The minimum absolute atomic E-state index is 0.126. The second-order valence-electron chi connectivity index (χ2n) is 4.33. The monoisotopic (exact) mass is 324 g/mol. The maximum atomic E-state index is 12.8. The Bertz CT molecular complexity index is 634. The number of thioether (sulfide) groups is 1. The number of halogens is 2. The molecule has 3 N–H and O–H groups in total. The lowest BCUT2D eigenvalue weighted by Gasteiger charge is -2.08. The number of anilines is 2. The largest absolute Gasteiger partial charge is 0.397 e. The summed E-state index contributed by atoms with van der Waals surface area (Å²) in [5, 5.41) is 3.26. The molecule has 0 aliphatic rings. The summed E-state index contributed by atoms with van der Waals surface area (Å²) in [5.74, 6) is 0.208. The predicted molar refractivity (Wildman–Crippen MR) is 86.2 cm³/mol. The Morgan fingerprint density at radius 2 is 1.95 bits per heavy atom. The molecule has 0 heterocycles. The number of amides is 1. The second-order valence-corrected chi connectivity index (χ2v) is 5.94. The van der Waals surface area contributed by atoms with Crippen LogP contribution in [-0.2, 0) is 4.79 Å². The van der Waals surface area contributed by atoms with E-state index >= 15 is 0 Å². The van der Waals surface area contributed by atoms with Crippen LogP contribution >= 0.6 is 23.4 Å². The summed E-state index contributed by atoms with van der Waals surface area (Å²) in [4.78, 5) is 12.7. The van der Waals surface area contributed by atoms with Crippen LogP contribution in [0.4, 0.5) is 15.8 Å². The van der Waals surface area contributed by atoms with Crippen molar-refractivity contribution in [2.24, 2.45) is 0 Å². The zero-order valence-corrected chi connectivity index (χ0v) is 12.7. The Balaban J connectivity index is 1.81. The van der Waals surface area contributed by atoms with Crippen molar-refractivity contribution in [1.29, 1.82) is 0 Å². The zero-order valence-electron chi connectivity index (χ0n) is 11.1. The molecule has 2 aromatic rings. The van der Waals surface area contributed by atoms with Crippen molar-refractivity contribution < 1.29 is 9.18 Å². The van der Waals surface area contributed by atoms with Crippen LogP contribution in [0.2, 0.25) is 5.02 Å². The molecule has 2 rings (SSSR count). The predicted octanol–water partition coefficient (Wildman–Crippen LogP) is 4.18. The van der Waals surface area contributed by atoms with E-state index < -0.39 is 0 Å². The fraction of sp³-hybridized carbons (Fsp3) is 0.133. The van der Waals surface area contributed by atoms with Gasteiger partial charge in [0.15, 0.2) is 0 Å². The van der Waals surface area contributed by atoms with E-state index in [9.17, 15) is 9.18 Å². The summed E-state index contributed by atoms with van der Waals surface area (Å²) in [6.07, 6.45) is 0.337. The van der Waals surface area contributed by atoms with Crippen molar-refractivity contribution in [2.45, 2.75) is 11.3 Å². The highest BCUT2D eigenvalue weighted by Crippen LogP contribution is 2.23. The third-order valence-corrected chi connectivity index (χ3v) is 3.95. The first-order valence-electron chi connectivity index (χ1n) is 6.28. The van der Waals surface area contributed by atoms with Crippen molar-refractivity contribution in [2.75, 3.05) is 16.8 Å². The Labute approximate surface area is 131 Å². The molecule has 0 aliphatic carbocycles. The minimum Gasteiger partial charge on any atom is -0.397 e. The van der Waals surface area contributed by atoms with Crippen LogP contribution in [0.25, 0.3) is 0 Å². The van der Waals surface area contributed by atoms with E-state index in [1.807, 2.05) is 0 Å². The third-order valence-electron chi connectivity index (χ3n) is 2.70. The summed E-state index contributed by atoms with van der Waals surface area (Å²) in [6.45, 7) is 0. The number of hydrogen-bond donors (Lipinski definition) is 2. The number of benzene rings is 2. The number of nitrogens with one attached hydrogen (secondary N) is 1. The van der Waals surface area contributed by atoms with Gasteiger partial charge in [0, 0.05) is 22.1 Å². The van der Waals surface area contributed by atoms with Crippen LogP contribution in [0.1, 0.15) is 6.42 Å². The molecule has 1 amide bonds. The lowest BCUT2D eigenvalue weighted by molar-refractivity contribution is -0.115. The Morgan fingerprint density at radius 3 is 2.62 bits per heavy atom. The first-order chi connectivity index (χ1) is 10.0. The first-order valence-corrected chi connectivity index (χ1v) is 7.64. The third kappa shape index (κ3) is 4.95. The van der Waals surface area contributed by atoms with Gasteiger partial charge in [-0.05, 0) is 42.5 Å². The lowest BCUT2D eigenvalue weighted by atomic mass is 10.2. The highest BCUT2D eigenvalue weighted by atomic mass is 35.5. The molecule has 0 bridgehead atoms. The molecule has 0 unspecified atom stereocenters. The normalized spacial score (nSPS) is 10.4. The molecule has 6 heteroatoms. The van der Waals surface area contributed by atoms with Gasteiger partial charge in [0.1, 0.15) is 5.82 Å². The van der Waals surface area contributed by atoms with Crippen molar-refractivity contribution in [3.05, 3.63) is 53.3 Å². The van der Waals surface area contributed by atoms with Crippen molar-refractivity contribution in [3.8, 4) is 0 Å². The number of hydrogen-bond acceptors (Lipinski definition) is 3. The fourth-order valence-electron chi connectivity index (χ4n) is 1.65. The van der Waals surface area contributed by atoms with E-state index in [4.69, 9.17) is 17.3 Å². The summed E-state index contributed by atoms with van der Waals surface area (Å²) in [5.41, 5.74) is 6.75. The molecule has 0 atom stereocenters. The van der Waals surface area contributed by atoms with Gasteiger partial charge in [0.25, 0.3) is 0 Å². The molecule has 2 aromatic carbocycles. The molecular weight excluding hydrogens is 311 g/mol. The average molecular weight is 325 g/mol. The maximum absolute atomic E-state index is 12.8. The van der Waals surface area contributed by atoms with Gasteiger partial charge < -0.3 is 11.1 Å². The molecule has 0 saturated heterocycles. The molecule has 0 aliphatic heterocycles. The standard InChI is InChI=1S/C15H14ClFN2OS/c16-10-1-6-14(13(18)9-10)19-15(20)7-8-21-12-4-2-11(17)3-5-12/h1-6,9H,7-8,18H2,(H,19,20). The summed E-state index contributed by atoms with van der Waals surface area (Å²) >= 11 is 7.29. The van der Waals surface area contributed by atoms with Gasteiger partial charge in [-0.1, -0.05) is 11.6 Å². The van der Waals surface area contributed by atoms with E-state index in [1.165, 1.54) is 23.9 Å². The molecule has 110 valence electrons. The number of carbonyl (C=O) groups excluding carboxylic acids is 1. The van der Waals surface area contributed by atoms with E-state index in [2.05, 4.69) is 5.32 Å². The molecule has 3 nitrogen and oxygen atoms in total. The van der Waals surface area contributed by atoms with Crippen LogP contribution in [0, 0.1) is 5.82 Å². The molecule has 21 heavy (non-hydrogen) atoms. The van der Waals surface area contributed by atoms with Crippen LogP contribution < -0.4 is 11.1 Å². The van der Waals surface area contributed by atoms with Gasteiger partial charge in [-0.3, -0.25) is 4.79 Å². The highest BCUT2D eigenvalue weighted by molar-refractivity contribution is 7.99. The number of carbonyl (C=O) groups is 1. The zero-order chi connectivity index (χ0) is 15.2. The molecule has 0 spiro atoms. The van der Waals surface area contributed by atoms with Gasteiger partial charge in [0.05, 0.1) is 11.4 Å². The Morgan fingerprint density at radius 1 is 1.24 bits per heavy atom. The Hall–Kier alpha value is -1.72. The van der Waals surface area contributed by atoms with Crippen LogP contribution in [0.3, 0.4) is 0 Å². The molecule has 0 aromatic heterocycles.